The fourth-order valence-electron chi connectivity index (χ4n) is 4.53. The average Bonchev–Trinajstić information content (AvgIpc) is 3.61. The van der Waals surface area contributed by atoms with E-state index in [2.05, 4.69) is 5.32 Å². The summed E-state index contributed by atoms with van der Waals surface area (Å²) in [5.41, 5.74) is 1.39. The Morgan fingerprint density at radius 1 is 0.941 bits per heavy atom. The maximum atomic E-state index is 13.4. The molecule has 1 saturated carbocycles. The molecule has 1 aliphatic heterocycles. The summed E-state index contributed by atoms with van der Waals surface area (Å²) in [7, 11) is 6.25. The van der Waals surface area contributed by atoms with Crippen molar-refractivity contribution in [1.29, 1.82) is 0 Å². The summed E-state index contributed by atoms with van der Waals surface area (Å²) >= 11 is 0. The van der Waals surface area contributed by atoms with Gasteiger partial charge in [0.15, 0.2) is 11.5 Å². The number of methoxy groups -OCH3 is 4. The number of carbonyl (C=O) groups is 2. The number of hydrogen-bond acceptors (Lipinski definition) is 6. The first-order valence-corrected chi connectivity index (χ1v) is 11.5. The largest absolute Gasteiger partial charge is 0.497 e. The molecule has 4 rings (SSSR count). The normalized spacial score (nSPS) is 19.5. The molecule has 34 heavy (non-hydrogen) atoms. The molecule has 2 aromatic carbocycles. The van der Waals surface area contributed by atoms with Crippen LogP contribution in [-0.4, -0.2) is 64.8 Å². The fraction of sp³-hybridized carbons (Fsp3) is 0.462. The zero-order valence-electron chi connectivity index (χ0n) is 20.1. The molecule has 2 aromatic rings. The van der Waals surface area contributed by atoms with Crippen molar-refractivity contribution in [3.05, 3.63) is 47.5 Å². The molecular weight excluding hydrogens is 436 g/mol. The molecule has 2 amide bonds. The Kier molecular flexibility index (Phi) is 7.14. The molecule has 1 heterocycles. The lowest BCUT2D eigenvalue weighted by Crippen LogP contribution is -2.36. The van der Waals surface area contributed by atoms with E-state index in [-0.39, 0.29) is 17.7 Å². The van der Waals surface area contributed by atoms with Crippen molar-refractivity contribution < 1.29 is 28.5 Å². The molecule has 0 aromatic heterocycles. The zero-order valence-corrected chi connectivity index (χ0v) is 20.1. The van der Waals surface area contributed by atoms with Gasteiger partial charge in [0.2, 0.25) is 11.7 Å². The van der Waals surface area contributed by atoms with Gasteiger partial charge in [-0.3, -0.25) is 9.59 Å². The smallest absolute Gasteiger partial charge is 0.254 e. The van der Waals surface area contributed by atoms with Crippen molar-refractivity contribution in [2.24, 2.45) is 11.8 Å². The van der Waals surface area contributed by atoms with Crippen LogP contribution in [0.5, 0.6) is 23.0 Å². The monoisotopic (exact) mass is 468 g/mol. The number of amides is 2. The van der Waals surface area contributed by atoms with E-state index in [4.69, 9.17) is 18.9 Å². The van der Waals surface area contributed by atoms with Crippen LogP contribution in [0.15, 0.2) is 36.4 Å². The molecule has 2 atom stereocenters. The number of benzene rings is 2. The van der Waals surface area contributed by atoms with Crippen LogP contribution in [-0.2, 0) is 4.79 Å². The van der Waals surface area contributed by atoms with Gasteiger partial charge in [-0.25, -0.2) is 0 Å². The molecule has 8 nitrogen and oxygen atoms in total. The molecule has 0 spiro atoms. The van der Waals surface area contributed by atoms with Gasteiger partial charge in [0.1, 0.15) is 5.75 Å². The second kappa shape index (κ2) is 10.2. The molecule has 2 aliphatic rings. The predicted octanol–water partition coefficient (Wildman–Crippen LogP) is 3.10. The van der Waals surface area contributed by atoms with Gasteiger partial charge in [-0.1, -0.05) is 6.07 Å². The second-order valence-electron chi connectivity index (χ2n) is 8.80. The summed E-state index contributed by atoms with van der Waals surface area (Å²) in [5.74, 6) is 1.94. The van der Waals surface area contributed by atoms with E-state index in [0.717, 1.165) is 18.4 Å². The number of ether oxygens (including phenoxy) is 4. The van der Waals surface area contributed by atoms with Crippen molar-refractivity contribution >= 4 is 11.8 Å². The Bertz CT molecular complexity index is 1030. The van der Waals surface area contributed by atoms with Gasteiger partial charge in [-0.05, 0) is 54.7 Å². The van der Waals surface area contributed by atoms with Crippen LogP contribution >= 0.6 is 0 Å². The zero-order chi connectivity index (χ0) is 24.2. The van der Waals surface area contributed by atoms with Crippen LogP contribution in [0.25, 0.3) is 0 Å². The summed E-state index contributed by atoms with van der Waals surface area (Å²) in [5, 5.41) is 3.10. The highest BCUT2D eigenvalue weighted by atomic mass is 16.5. The summed E-state index contributed by atoms with van der Waals surface area (Å²) in [6.45, 7) is 1.41. The minimum atomic E-state index is -0.392. The molecule has 1 aliphatic carbocycles. The van der Waals surface area contributed by atoms with Crippen LogP contribution in [0.3, 0.4) is 0 Å². The van der Waals surface area contributed by atoms with E-state index < -0.39 is 5.92 Å². The third kappa shape index (κ3) is 4.90. The van der Waals surface area contributed by atoms with E-state index >= 15 is 0 Å². The maximum Gasteiger partial charge on any atom is 0.254 e. The van der Waals surface area contributed by atoms with Crippen LogP contribution in [0.4, 0.5) is 0 Å². The fourth-order valence-corrected chi connectivity index (χ4v) is 4.53. The van der Waals surface area contributed by atoms with E-state index in [9.17, 15) is 9.59 Å². The van der Waals surface area contributed by atoms with E-state index in [1.54, 1.807) is 57.6 Å². The summed E-state index contributed by atoms with van der Waals surface area (Å²) in [6, 6.07) is 10.8. The van der Waals surface area contributed by atoms with Crippen molar-refractivity contribution in [3.63, 3.8) is 0 Å². The van der Waals surface area contributed by atoms with E-state index in [1.807, 2.05) is 12.1 Å². The molecule has 8 heteroatoms. The Morgan fingerprint density at radius 3 is 2.24 bits per heavy atom. The minimum Gasteiger partial charge on any atom is -0.497 e. The SMILES string of the molecule is COc1cccc(C(=O)N2CC(C(=O)NCC3CC3)C(c3cc(OC)c(OC)c(OC)c3)C2)c1. The summed E-state index contributed by atoms with van der Waals surface area (Å²) in [6.07, 6.45) is 2.31. The number of nitrogens with one attached hydrogen (secondary N) is 1. The van der Waals surface area contributed by atoms with E-state index in [0.29, 0.717) is 54.1 Å². The standard InChI is InChI=1S/C26H32N2O6/c1-31-19-7-5-6-17(10-19)26(30)28-14-20(21(15-28)25(29)27-13-16-8-9-16)18-11-22(32-2)24(34-4)23(12-18)33-3/h5-7,10-12,16,20-21H,8-9,13-15H2,1-4H3,(H,27,29). The molecular formula is C26H32N2O6. The lowest BCUT2D eigenvalue weighted by atomic mass is 9.88. The molecule has 1 N–H and O–H groups in total. The second-order valence-corrected chi connectivity index (χ2v) is 8.80. The highest BCUT2D eigenvalue weighted by Gasteiger charge is 2.41. The average molecular weight is 469 g/mol. The number of rotatable bonds is 9. The van der Waals surface area contributed by atoms with Gasteiger partial charge in [0, 0.05) is 31.1 Å². The van der Waals surface area contributed by atoms with Crippen LogP contribution in [0.2, 0.25) is 0 Å². The highest BCUT2D eigenvalue weighted by molar-refractivity contribution is 5.95. The Hall–Kier alpha value is -3.42. The minimum absolute atomic E-state index is 0.0356. The number of nitrogens with zero attached hydrogens (tertiary/aromatic N) is 1. The van der Waals surface area contributed by atoms with Gasteiger partial charge in [-0.15, -0.1) is 0 Å². The molecule has 1 saturated heterocycles. The van der Waals surface area contributed by atoms with Crippen molar-refractivity contribution in [2.45, 2.75) is 18.8 Å². The van der Waals surface area contributed by atoms with Gasteiger partial charge in [0.25, 0.3) is 5.91 Å². The van der Waals surface area contributed by atoms with E-state index in [1.165, 1.54) is 0 Å². The van der Waals surface area contributed by atoms with Gasteiger partial charge >= 0.3 is 0 Å². The first-order chi connectivity index (χ1) is 16.5. The van der Waals surface area contributed by atoms with Crippen molar-refractivity contribution in [3.8, 4) is 23.0 Å². The molecule has 2 unspecified atom stereocenters. The van der Waals surface area contributed by atoms with Crippen LogP contribution in [0, 0.1) is 11.8 Å². The quantitative estimate of drug-likeness (QED) is 0.609. The topological polar surface area (TPSA) is 86.3 Å². The third-order valence-corrected chi connectivity index (χ3v) is 6.64. The molecule has 0 radical (unpaired) electrons. The Labute approximate surface area is 200 Å². The van der Waals surface area contributed by atoms with Crippen molar-refractivity contribution in [2.75, 3.05) is 48.1 Å². The predicted molar refractivity (Wildman–Crippen MR) is 127 cm³/mol. The lowest BCUT2D eigenvalue weighted by Gasteiger charge is -2.21. The first kappa shape index (κ1) is 23.7. The first-order valence-electron chi connectivity index (χ1n) is 11.5. The summed E-state index contributed by atoms with van der Waals surface area (Å²) in [4.78, 5) is 28.3. The maximum absolute atomic E-state index is 13.4. The van der Waals surface area contributed by atoms with Gasteiger partial charge in [0.05, 0.1) is 34.4 Å². The van der Waals surface area contributed by atoms with Crippen LogP contribution < -0.4 is 24.3 Å². The number of carbonyl (C=O) groups excluding carboxylic acids is 2. The lowest BCUT2D eigenvalue weighted by molar-refractivity contribution is -0.125. The molecule has 2 fully saturated rings. The molecule has 0 bridgehead atoms. The third-order valence-electron chi connectivity index (χ3n) is 6.64. The summed E-state index contributed by atoms with van der Waals surface area (Å²) < 4.78 is 21.8. The van der Waals surface area contributed by atoms with Crippen LogP contribution in [0.1, 0.15) is 34.7 Å². The van der Waals surface area contributed by atoms with Crippen molar-refractivity contribution in [1.82, 2.24) is 10.2 Å². The number of likely N-dealkylation sites (tertiary alicyclic amines) is 1. The molecule has 182 valence electrons. The number of hydrogen-bond donors (Lipinski definition) is 1. The highest BCUT2D eigenvalue weighted by Crippen LogP contribution is 2.43. The van der Waals surface area contributed by atoms with Gasteiger partial charge < -0.3 is 29.2 Å². The Morgan fingerprint density at radius 2 is 1.65 bits per heavy atom. The Balaban J connectivity index is 1.65. The van der Waals surface area contributed by atoms with Gasteiger partial charge in [-0.2, -0.15) is 0 Å².